The summed E-state index contributed by atoms with van der Waals surface area (Å²) in [4.78, 5) is 17.2. The first-order chi connectivity index (χ1) is 14.6. The highest BCUT2D eigenvalue weighted by atomic mass is 16.7. The van der Waals surface area contributed by atoms with Gasteiger partial charge in [0.05, 0.1) is 17.2 Å². The summed E-state index contributed by atoms with van der Waals surface area (Å²) in [6, 6.07) is 9.35. The lowest BCUT2D eigenvalue weighted by Gasteiger charge is -2.06. The number of fused-ring (bicyclic) bond motifs is 2. The Morgan fingerprint density at radius 1 is 1.17 bits per heavy atom. The molecule has 1 amide bonds. The number of hydrogen-bond acceptors (Lipinski definition) is 6. The van der Waals surface area contributed by atoms with Crippen LogP contribution in [0.2, 0.25) is 0 Å². The van der Waals surface area contributed by atoms with E-state index in [-0.39, 0.29) is 12.7 Å². The van der Waals surface area contributed by atoms with Crippen LogP contribution in [-0.4, -0.2) is 27.5 Å². The molecule has 0 bridgehead atoms. The van der Waals surface area contributed by atoms with E-state index in [0.717, 1.165) is 27.9 Å². The molecule has 1 aliphatic heterocycles. The van der Waals surface area contributed by atoms with Gasteiger partial charge in [-0.3, -0.25) is 4.79 Å². The maximum absolute atomic E-state index is 12.6. The first-order valence-corrected chi connectivity index (χ1v) is 9.68. The highest BCUT2D eigenvalue weighted by Crippen LogP contribution is 2.37. The number of nitrogens with zero attached hydrogens (tertiary/aromatic N) is 3. The fourth-order valence-electron chi connectivity index (χ4n) is 3.43. The Labute approximate surface area is 172 Å². The number of amides is 1. The number of carbonyl (C=O) groups is 1. The van der Waals surface area contributed by atoms with E-state index >= 15 is 0 Å². The van der Waals surface area contributed by atoms with Gasteiger partial charge in [0.1, 0.15) is 6.26 Å². The van der Waals surface area contributed by atoms with Gasteiger partial charge in [0.25, 0.3) is 5.91 Å². The Hall–Kier alpha value is -3.81. The first kappa shape index (κ1) is 18.2. The average Bonchev–Trinajstić information content (AvgIpc) is 3.48. The lowest BCUT2D eigenvalue weighted by molar-refractivity contribution is 0.102. The van der Waals surface area contributed by atoms with Crippen molar-refractivity contribution in [2.24, 2.45) is 5.92 Å². The molecule has 0 saturated carbocycles. The van der Waals surface area contributed by atoms with E-state index in [1.54, 1.807) is 12.3 Å². The van der Waals surface area contributed by atoms with Gasteiger partial charge in [-0.25, -0.2) is 9.67 Å². The van der Waals surface area contributed by atoms with Crippen molar-refractivity contribution in [3.05, 3.63) is 54.6 Å². The average molecular weight is 404 g/mol. The Morgan fingerprint density at radius 3 is 2.83 bits per heavy atom. The molecule has 0 aliphatic carbocycles. The molecule has 1 N–H and O–H groups in total. The van der Waals surface area contributed by atoms with Crippen LogP contribution < -0.4 is 14.8 Å². The Morgan fingerprint density at radius 2 is 2.03 bits per heavy atom. The maximum Gasteiger partial charge on any atom is 0.260 e. The van der Waals surface area contributed by atoms with Gasteiger partial charge < -0.3 is 19.2 Å². The number of nitrogens with one attached hydrogen (secondary N) is 1. The van der Waals surface area contributed by atoms with Crippen molar-refractivity contribution in [3.8, 4) is 22.6 Å². The predicted molar refractivity (Wildman–Crippen MR) is 111 cm³/mol. The van der Waals surface area contributed by atoms with Crippen molar-refractivity contribution in [1.29, 1.82) is 0 Å². The van der Waals surface area contributed by atoms with Crippen molar-refractivity contribution in [2.75, 3.05) is 12.1 Å². The summed E-state index contributed by atoms with van der Waals surface area (Å²) in [5.41, 5.74) is 2.98. The van der Waals surface area contributed by atoms with E-state index in [2.05, 4.69) is 29.2 Å². The lowest BCUT2D eigenvalue weighted by Crippen LogP contribution is -2.12. The molecule has 4 heterocycles. The summed E-state index contributed by atoms with van der Waals surface area (Å²) < 4.78 is 17.7. The molecule has 8 heteroatoms. The molecule has 0 unspecified atom stereocenters. The third-order valence-electron chi connectivity index (χ3n) is 4.85. The molecule has 0 saturated heterocycles. The third kappa shape index (κ3) is 3.26. The molecule has 0 fully saturated rings. The third-order valence-corrected chi connectivity index (χ3v) is 4.85. The van der Waals surface area contributed by atoms with Crippen molar-refractivity contribution >= 4 is 22.8 Å². The predicted octanol–water partition coefficient (Wildman–Crippen LogP) is 4.33. The molecular formula is C22H20N4O4. The largest absolute Gasteiger partial charge is 0.472 e. The van der Waals surface area contributed by atoms with E-state index in [1.165, 1.54) is 12.5 Å². The molecule has 30 heavy (non-hydrogen) atoms. The second-order valence-corrected chi connectivity index (χ2v) is 7.55. The van der Waals surface area contributed by atoms with Crippen LogP contribution in [0.4, 0.5) is 5.82 Å². The molecular weight excluding hydrogens is 384 g/mol. The molecule has 152 valence electrons. The Balaban J connectivity index is 1.57. The van der Waals surface area contributed by atoms with E-state index in [0.29, 0.717) is 29.6 Å². The minimum Gasteiger partial charge on any atom is -0.472 e. The van der Waals surface area contributed by atoms with E-state index in [1.807, 2.05) is 28.9 Å². The SMILES string of the molecule is CC(C)Cn1nc(NC(=O)c2ccoc2)c2cc(-c3ccc4c(c3)OCO4)cnc21. The number of benzene rings is 1. The number of furan rings is 1. The molecule has 8 nitrogen and oxygen atoms in total. The second-order valence-electron chi connectivity index (χ2n) is 7.55. The minimum absolute atomic E-state index is 0.224. The van der Waals surface area contributed by atoms with Gasteiger partial charge in [-0.2, -0.15) is 5.10 Å². The van der Waals surface area contributed by atoms with Crippen molar-refractivity contribution in [1.82, 2.24) is 14.8 Å². The smallest absolute Gasteiger partial charge is 0.260 e. The highest BCUT2D eigenvalue weighted by Gasteiger charge is 2.19. The van der Waals surface area contributed by atoms with Crippen LogP contribution in [-0.2, 0) is 6.54 Å². The summed E-state index contributed by atoms with van der Waals surface area (Å²) in [6.07, 6.45) is 4.67. The van der Waals surface area contributed by atoms with Gasteiger partial charge >= 0.3 is 0 Å². The van der Waals surface area contributed by atoms with Crippen molar-refractivity contribution < 1.29 is 18.7 Å². The van der Waals surface area contributed by atoms with Crippen molar-refractivity contribution in [3.63, 3.8) is 0 Å². The summed E-state index contributed by atoms with van der Waals surface area (Å²) in [5.74, 6) is 1.99. The zero-order valence-corrected chi connectivity index (χ0v) is 16.6. The van der Waals surface area contributed by atoms with Crippen LogP contribution >= 0.6 is 0 Å². The highest BCUT2D eigenvalue weighted by molar-refractivity contribution is 6.07. The van der Waals surface area contributed by atoms with Crippen LogP contribution in [0.15, 0.2) is 53.5 Å². The Bertz CT molecular complexity index is 1230. The molecule has 0 radical (unpaired) electrons. The number of pyridine rings is 1. The molecule has 1 aromatic carbocycles. The number of rotatable bonds is 5. The fraction of sp³-hybridized carbons (Fsp3) is 0.227. The minimum atomic E-state index is -0.284. The van der Waals surface area contributed by atoms with Gasteiger partial charge in [-0.15, -0.1) is 0 Å². The molecule has 4 aromatic rings. The molecule has 0 atom stereocenters. The number of ether oxygens (including phenoxy) is 2. The summed E-state index contributed by atoms with van der Waals surface area (Å²) in [5, 5.41) is 8.27. The molecule has 3 aromatic heterocycles. The van der Waals surface area contributed by atoms with Gasteiger partial charge in [0.2, 0.25) is 6.79 Å². The molecule has 1 aliphatic rings. The van der Waals surface area contributed by atoms with Gasteiger partial charge in [0, 0.05) is 18.3 Å². The number of aromatic nitrogens is 3. The monoisotopic (exact) mass is 404 g/mol. The fourth-order valence-corrected chi connectivity index (χ4v) is 3.43. The molecule has 5 rings (SSSR count). The zero-order chi connectivity index (χ0) is 20.7. The maximum atomic E-state index is 12.6. The quantitative estimate of drug-likeness (QED) is 0.532. The Kier molecular flexibility index (Phi) is 4.39. The number of hydrogen-bond donors (Lipinski definition) is 1. The van der Waals surface area contributed by atoms with Crippen LogP contribution in [0.25, 0.3) is 22.2 Å². The first-order valence-electron chi connectivity index (χ1n) is 9.68. The standard InChI is InChI=1S/C22H20N4O4/c1-13(2)10-26-21-17(20(25-26)24-22(27)15-5-6-28-11-15)7-16(9-23-21)14-3-4-18-19(8-14)30-12-29-18/h3-9,11,13H,10,12H2,1-2H3,(H,24,25,27). The summed E-state index contributed by atoms with van der Waals surface area (Å²) >= 11 is 0. The molecule has 0 spiro atoms. The van der Waals surface area contributed by atoms with Gasteiger partial charge in [-0.05, 0) is 35.7 Å². The van der Waals surface area contributed by atoms with Gasteiger partial charge in [-0.1, -0.05) is 19.9 Å². The van der Waals surface area contributed by atoms with Gasteiger partial charge in [0.15, 0.2) is 23.0 Å². The van der Waals surface area contributed by atoms with E-state index < -0.39 is 0 Å². The van der Waals surface area contributed by atoms with E-state index in [9.17, 15) is 4.79 Å². The second kappa shape index (κ2) is 7.22. The van der Waals surface area contributed by atoms with Crippen LogP contribution in [0, 0.1) is 5.92 Å². The van der Waals surface area contributed by atoms with E-state index in [4.69, 9.17) is 13.9 Å². The zero-order valence-electron chi connectivity index (χ0n) is 16.6. The van der Waals surface area contributed by atoms with Crippen molar-refractivity contribution in [2.45, 2.75) is 20.4 Å². The topological polar surface area (TPSA) is 91.4 Å². The number of anilines is 1. The van der Waals surface area contributed by atoms with Crippen LogP contribution in [0.5, 0.6) is 11.5 Å². The summed E-state index contributed by atoms with van der Waals surface area (Å²) in [6.45, 7) is 5.13. The lowest BCUT2D eigenvalue weighted by atomic mass is 10.1. The van der Waals surface area contributed by atoms with Crippen LogP contribution in [0.1, 0.15) is 24.2 Å². The summed E-state index contributed by atoms with van der Waals surface area (Å²) in [7, 11) is 0. The number of carbonyl (C=O) groups excluding carboxylic acids is 1. The normalized spacial score (nSPS) is 12.6. The van der Waals surface area contributed by atoms with Crippen LogP contribution in [0.3, 0.4) is 0 Å².